The van der Waals surface area contributed by atoms with Crippen LogP contribution in [0, 0.1) is 11.6 Å². The maximum absolute atomic E-state index is 14.1. The number of hydrogen-bond acceptors (Lipinski definition) is 2. The molecule has 22 heavy (non-hydrogen) atoms. The first kappa shape index (κ1) is 15.1. The Hall–Kier alpha value is -1.82. The molecule has 0 aliphatic carbocycles. The molecule has 0 amide bonds. The maximum atomic E-state index is 14.1. The molecule has 3 rings (SSSR count). The van der Waals surface area contributed by atoms with Crippen LogP contribution in [0.1, 0.15) is 19.3 Å². The predicted molar refractivity (Wildman–Crippen MR) is 79.5 cm³/mol. The summed E-state index contributed by atoms with van der Waals surface area (Å²) in [6, 6.07) is 1.88. The van der Waals surface area contributed by atoms with Gasteiger partial charge in [0.25, 0.3) is 5.56 Å². The molecule has 0 unspecified atom stereocenters. The average Bonchev–Trinajstić information content (AvgIpc) is 2.68. The van der Waals surface area contributed by atoms with Crippen LogP contribution in [0.2, 0.25) is 5.15 Å². The van der Waals surface area contributed by atoms with E-state index in [9.17, 15) is 13.6 Å². The molecule has 7 heteroatoms. The Bertz CT molecular complexity index is 783. The lowest BCUT2D eigenvalue weighted by Gasteiger charge is -2.07. The van der Waals surface area contributed by atoms with E-state index in [0.717, 1.165) is 19.3 Å². The summed E-state index contributed by atoms with van der Waals surface area (Å²) < 4.78 is 35.7. The summed E-state index contributed by atoms with van der Waals surface area (Å²) in [4.78, 5) is 12.6. The van der Waals surface area contributed by atoms with E-state index in [1.54, 1.807) is 4.68 Å². The third kappa shape index (κ3) is 2.31. The van der Waals surface area contributed by atoms with E-state index in [1.165, 1.54) is 17.9 Å². The molecule has 0 bridgehead atoms. The number of rotatable bonds is 2. The van der Waals surface area contributed by atoms with Crippen LogP contribution in [0.15, 0.2) is 16.9 Å². The van der Waals surface area contributed by atoms with Gasteiger partial charge in [-0.25, -0.2) is 13.5 Å². The van der Waals surface area contributed by atoms with Crippen LogP contribution in [-0.4, -0.2) is 16.5 Å². The Labute approximate surface area is 130 Å². The molecule has 0 saturated carbocycles. The molecule has 1 aromatic carbocycles. The highest BCUT2D eigenvalue weighted by Gasteiger charge is 2.24. The van der Waals surface area contributed by atoms with Gasteiger partial charge in [0.15, 0.2) is 11.6 Å². The summed E-state index contributed by atoms with van der Waals surface area (Å²) in [5.41, 5.74) is -0.347. The molecule has 1 aliphatic rings. The lowest BCUT2D eigenvalue weighted by molar-refractivity contribution is 0.384. The summed E-state index contributed by atoms with van der Waals surface area (Å²) in [6.07, 6.45) is 2.79. The predicted octanol–water partition coefficient (Wildman–Crippen LogP) is 3.44. The van der Waals surface area contributed by atoms with Gasteiger partial charge in [-0.3, -0.25) is 9.48 Å². The highest BCUT2D eigenvalue weighted by Crippen LogP contribution is 2.33. The van der Waals surface area contributed by atoms with Crippen molar-refractivity contribution in [1.29, 1.82) is 0 Å². The van der Waals surface area contributed by atoms with E-state index in [4.69, 9.17) is 16.3 Å². The minimum Gasteiger partial charge on any atom is -0.494 e. The van der Waals surface area contributed by atoms with Gasteiger partial charge < -0.3 is 4.74 Å². The van der Waals surface area contributed by atoms with Crippen molar-refractivity contribution in [3.63, 3.8) is 0 Å². The summed E-state index contributed by atoms with van der Waals surface area (Å²) >= 11 is 6.30. The third-order valence-corrected chi connectivity index (χ3v) is 4.31. The lowest BCUT2D eigenvalue weighted by atomic mass is 10.1. The number of halogens is 3. The van der Waals surface area contributed by atoms with Crippen molar-refractivity contribution in [1.82, 2.24) is 9.36 Å². The largest absolute Gasteiger partial charge is 0.494 e. The van der Waals surface area contributed by atoms with Crippen molar-refractivity contribution in [3.05, 3.63) is 39.3 Å². The number of aromatic nitrogens is 2. The monoisotopic (exact) mass is 328 g/mol. The van der Waals surface area contributed by atoms with E-state index in [1.807, 2.05) is 0 Å². The van der Waals surface area contributed by atoms with Crippen LogP contribution in [0.4, 0.5) is 8.78 Å². The van der Waals surface area contributed by atoms with Crippen molar-refractivity contribution < 1.29 is 13.5 Å². The van der Waals surface area contributed by atoms with Gasteiger partial charge in [-0.2, -0.15) is 0 Å². The standard InChI is InChI=1S/C15H15ClF2N2O2/c1-22-12-7-9(10(17)8-11(12)18)13-14(16)19-5-3-2-4-6-20(19)15(13)21/h7-8H,2-6H2,1H3. The quantitative estimate of drug-likeness (QED) is 0.846. The van der Waals surface area contributed by atoms with E-state index < -0.39 is 11.6 Å². The van der Waals surface area contributed by atoms with Crippen LogP contribution < -0.4 is 10.3 Å². The summed E-state index contributed by atoms with van der Waals surface area (Å²) in [6.45, 7) is 1.15. The highest BCUT2D eigenvalue weighted by molar-refractivity contribution is 6.32. The summed E-state index contributed by atoms with van der Waals surface area (Å²) in [7, 11) is 1.28. The fraction of sp³-hybridized carbons (Fsp3) is 0.400. The number of ether oxygens (including phenoxy) is 1. The molecule has 2 heterocycles. The van der Waals surface area contributed by atoms with Gasteiger partial charge in [0, 0.05) is 24.7 Å². The lowest BCUT2D eigenvalue weighted by Crippen LogP contribution is -2.22. The first-order valence-electron chi connectivity index (χ1n) is 7.07. The Morgan fingerprint density at radius 3 is 2.45 bits per heavy atom. The minimum atomic E-state index is -0.835. The second-order valence-electron chi connectivity index (χ2n) is 5.24. The van der Waals surface area contributed by atoms with E-state index in [-0.39, 0.29) is 27.6 Å². The number of methoxy groups -OCH3 is 1. The third-order valence-electron chi connectivity index (χ3n) is 3.92. The molecule has 4 nitrogen and oxygen atoms in total. The van der Waals surface area contributed by atoms with E-state index >= 15 is 0 Å². The normalized spacial score (nSPS) is 14.5. The van der Waals surface area contributed by atoms with Gasteiger partial charge >= 0.3 is 0 Å². The van der Waals surface area contributed by atoms with Crippen LogP contribution >= 0.6 is 11.6 Å². The van der Waals surface area contributed by atoms with Gasteiger partial charge in [-0.1, -0.05) is 11.6 Å². The van der Waals surface area contributed by atoms with Gasteiger partial charge in [0.2, 0.25) is 0 Å². The van der Waals surface area contributed by atoms with Gasteiger partial charge in [0.1, 0.15) is 11.0 Å². The molecule has 0 saturated heterocycles. The molecule has 0 N–H and O–H groups in total. The SMILES string of the molecule is COc1cc(-c2c(Cl)n3n(c2=O)CCCCC3)c(F)cc1F. The second kappa shape index (κ2) is 5.76. The zero-order valence-corrected chi connectivity index (χ0v) is 12.8. The van der Waals surface area contributed by atoms with Crippen molar-refractivity contribution in [2.24, 2.45) is 0 Å². The van der Waals surface area contributed by atoms with Gasteiger partial charge in [-0.05, 0) is 25.3 Å². The Morgan fingerprint density at radius 1 is 1.09 bits per heavy atom. The number of hydrogen-bond donors (Lipinski definition) is 0. The molecular weight excluding hydrogens is 314 g/mol. The topological polar surface area (TPSA) is 36.2 Å². The number of benzene rings is 1. The molecule has 1 aliphatic heterocycles. The molecular formula is C15H15ClF2N2O2. The van der Waals surface area contributed by atoms with Crippen LogP contribution in [0.3, 0.4) is 0 Å². The Balaban J connectivity index is 2.24. The summed E-state index contributed by atoms with van der Waals surface area (Å²) in [5, 5.41) is 0.180. The van der Waals surface area contributed by atoms with Gasteiger partial charge in [-0.15, -0.1) is 0 Å². The van der Waals surface area contributed by atoms with Crippen molar-refractivity contribution in [3.8, 4) is 16.9 Å². The summed E-state index contributed by atoms with van der Waals surface area (Å²) in [5.74, 6) is -1.78. The first-order valence-corrected chi connectivity index (χ1v) is 7.45. The smallest absolute Gasteiger partial charge is 0.276 e. The minimum absolute atomic E-state index is 0.0404. The van der Waals surface area contributed by atoms with Crippen molar-refractivity contribution >= 4 is 11.6 Å². The van der Waals surface area contributed by atoms with Gasteiger partial charge in [0.05, 0.1) is 12.7 Å². The average molecular weight is 329 g/mol. The zero-order chi connectivity index (χ0) is 15.9. The zero-order valence-electron chi connectivity index (χ0n) is 12.0. The fourth-order valence-corrected chi connectivity index (χ4v) is 3.16. The molecule has 0 spiro atoms. The first-order chi connectivity index (χ1) is 10.5. The highest BCUT2D eigenvalue weighted by atomic mass is 35.5. The van der Waals surface area contributed by atoms with Crippen LogP contribution in [0.25, 0.3) is 11.1 Å². The van der Waals surface area contributed by atoms with Crippen molar-refractivity contribution in [2.45, 2.75) is 32.4 Å². The van der Waals surface area contributed by atoms with Crippen LogP contribution in [0.5, 0.6) is 5.75 Å². The maximum Gasteiger partial charge on any atom is 0.276 e. The Kier molecular flexibility index (Phi) is 3.95. The van der Waals surface area contributed by atoms with E-state index in [0.29, 0.717) is 19.2 Å². The Morgan fingerprint density at radius 2 is 1.77 bits per heavy atom. The molecule has 0 fully saturated rings. The second-order valence-corrected chi connectivity index (χ2v) is 5.60. The van der Waals surface area contributed by atoms with Crippen LogP contribution in [-0.2, 0) is 13.1 Å². The molecule has 2 aromatic rings. The molecule has 118 valence electrons. The molecule has 0 radical (unpaired) electrons. The number of nitrogens with zero attached hydrogens (tertiary/aromatic N) is 2. The number of fused-ring (bicyclic) bond motifs is 1. The fourth-order valence-electron chi connectivity index (χ4n) is 2.81. The molecule has 0 atom stereocenters. The van der Waals surface area contributed by atoms with E-state index in [2.05, 4.69) is 0 Å². The molecule has 1 aromatic heterocycles. The van der Waals surface area contributed by atoms with Crippen molar-refractivity contribution in [2.75, 3.05) is 7.11 Å².